The molecule has 24 heavy (non-hydrogen) atoms. The average Bonchev–Trinajstić information content (AvgIpc) is 2.57. The van der Waals surface area contributed by atoms with E-state index in [1.54, 1.807) is 13.1 Å². The lowest BCUT2D eigenvalue weighted by Gasteiger charge is -2.21. The number of carbonyl (C=O) groups is 1. The van der Waals surface area contributed by atoms with Crippen molar-refractivity contribution in [3.05, 3.63) is 40.0 Å². The smallest absolute Gasteiger partial charge is 0.215 e. The van der Waals surface area contributed by atoms with Crippen LogP contribution in [0.15, 0.2) is 29.4 Å². The number of halogens is 2. The zero-order valence-corrected chi connectivity index (χ0v) is 15.8. The topological polar surface area (TPSA) is 58.1 Å². The first-order chi connectivity index (χ1) is 11.6. The van der Waals surface area contributed by atoms with E-state index >= 15 is 0 Å². The van der Waals surface area contributed by atoms with Gasteiger partial charge in [-0.2, -0.15) is 0 Å². The Morgan fingerprint density at radius 3 is 2.75 bits per heavy atom. The molecule has 2 rings (SSSR count). The maximum atomic E-state index is 11.7. The van der Waals surface area contributed by atoms with Gasteiger partial charge in [0.2, 0.25) is 6.41 Å². The molecule has 0 aliphatic rings. The molecule has 5 nitrogen and oxygen atoms in total. The van der Waals surface area contributed by atoms with Gasteiger partial charge in [0.05, 0.1) is 6.54 Å². The van der Waals surface area contributed by atoms with E-state index in [1.165, 1.54) is 16.7 Å². The Bertz CT molecular complexity index is 714. The molecule has 1 amide bonds. The standard InChI is InChI=1S/C16H18Cl2N4OS/c1-3-7-24-16-20-14(18)13(19-2)15(21-16)22(10-23)9-11-5-4-6-12(17)8-11/h4-6,8,10,19H,3,7,9H2,1-2H3. The van der Waals surface area contributed by atoms with Crippen molar-refractivity contribution in [1.82, 2.24) is 9.97 Å². The summed E-state index contributed by atoms with van der Waals surface area (Å²) in [7, 11) is 1.72. The van der Waals surface area contributed by atoms with Crippen LogP contribution in [0.5, 0.6) is 0 Å². The number of aromatic nitrogens is 2. The van der Waals surface area contributed by atoms with Crippen molar-refractivity contribution < 1.29 is 4.79 Å². The summed E-state index contributed by atoms with van der Waals surface area (Å²) >= 11 is 13.8. The molecule has 0 unspecified atom stereocenters. The number of nitrogens with one attached hydrogen (secondary N) is 1. The van der Waals surface area contributed by atoms with Gasteiger partial charge >= 0.3 is 0 Å². The number of carbonyl (C=O) groups excluding carboxylic acids is 1. The van der Waals surface area contributed by atoms with Crippen LogP contribution in [0.3, 0.4) is 0 Å². The van der Waals surface area contributed by atoms with E-state index in [1.807, 2.05) is 18.2 Å². The highest BCUT2D eigenvalue weighted by Crippen LogP contribution is 2.32. The molecule has 0 spiro atoms. The summed E-state index contributed by atoms with van der Waals surface area (Å²) in [5.74, 6) is 1.33. The third-order valence-electron chi connectivity index (χ3n) is 3.15. The number of hydrogen-bond donors (Lipinski definition) is 1. The van der Waals surface area contributed by atoms with Crippen LogP contribution < -0.4 is 10.2 Å². The molecule has 2 aromatic rings. The van der Waals surface area contributed by atoms with Gasteiger partial charge in [-0.05, 0) is 24.1 Å². The first kappa shape index (κ1) is 18.8. The largest absolute Gasteiger partial charge is 0.383 e. The Kier molecular flexibility index (Phi) is 7.15. The van der Waals surface area contributed by atoms with Gasteiger partial charge in [0.25, 0.3) is 0 Å². The molecule has 0 aliphatic heterocycles. The molecular weight excluding hydrogens is 367 g/mol. The van der Waals surface area contributed by atoms with E-state index in [-0.39, 0.29) is 0 Å². The number of amides is 1. The Labute approximate surface area is 155 Å². The Morgan fingerprint density at radius 2 is 2.12 bits per heavy atom. The van der Waals surface area contributed by atoms with Crippen LogP contribution >= 0.6 is 35.0 Å². The minimum Gasteiger partial charge on any atom is -0.383 e. The lowest BCUT2D eigenvalue weighted by molar-refractivity contribution is -0.107. The fourth-order valence-electron chi connectivity index (χ4n) is 2.08. The number of benzene rings is 1. The molecule has 0 saturated heterocycles. The highest BCUT2D eigenvalue weighted by molar-refractivity contribution is 7.99. The summed E-state index contributed by atoms with van der Waals surface area (Å²) in [5.41, 5.74) is 1.42. The molecule has 0 saturated carbocycles. The molecule has 0 bridgehead atoms. The van der Waals surface area contributed by atoms with Gasteiger partial charge in [-0.3, -0.25) is 9.69 Å². The van der Waals surface area contributed by atoms with E-state index < -0.39 is 0 Å². The fourth-order valence-corrected chi connectivity index (χ4v) is 3.29. The summed E-state index contributed by atoms with van der Waals surface area (Å²) in [6.45, 7) is 2.42. The monoisotopic (exact) mass is 384 g/mol. The van der Waals surface area contributed by atoms with Crippen LogP contribution in [0, 0.1) is 0 Å². The fraction of sp³-hybridized carbons (Fsp3) is 0.312. The van der Waals surface area contributed by atoms with E-state index in [9.17, 15) is 4.79 Å². The zero-order valence-electron chi connectivity index (χ0n) is 13.4. The average molecular weight is 385 g/mol. The van der Waals surface area contributed by atoms with Crippen LogP contribution in [0.2, 0.25) is 10.2 Å². The maximum absolute atomic E-state index is 11.7. The molecule has 1 aromatic carbocycles. The first-order valence-electron chi connectivity index (χ1n) is 7.43. The van der Waals surface area contributed by atoms with Crippen molar-refractivity contribution in [1.29, 1.82) is 0 Å². The van der Waals surface area contributed by atoms with Gasteiger partial charge in [0, 0.05) is 17.8 Å². The van der Waals surface area contributed by atoms with Gasteiger partial charge in [0.1, 0.15) is 5.69 Å². The third-order valence-corrected chi connectivity index (χ3v) is 4.71. The number of thioether (sulfide) groups is 1. The van der Waals surface area contributed by atoms with E-state index in [0.29, 0.717) is 33.4 Å². The number of anilines is 2. The van der Waals surface area contributed by atoms with Crippen LogP contribution in [0.1, 0.15) is 18.9 Å². The van der Waals surface area contributed by atoms with Crippen molar-refractivity contribution in [3.8, 4) is 0 Å². The second-order valence-corrected chi connectivity index (χ2v) is 6.81. The minimum absolute atomic E-state index is 0.291. The van der Waals surface area contributed by atoms with Crippen LogP contribution in [-0.2, 0) is 11.3 Å². The summed E-state index contributed by atoms with van der Waals surface area (Å²) in [5, 5.41) is 4.42. The summed E-state index contributed by atoms with van der Waals surface area (Å²) in [6, 6.07) is 7.34. The predicted octanol–water partition coefficient (Wildman–Crippen LogP) is 4.49. The van der Waals surface area contributed by atoms with Gasteiger partial charge in [0.15, 0.2) is 16.1 Å². The van der Waals surface area contributed by atoms with Crippen LogP contribution in [0.4, 0.5) is 11.5 Å². The quantitative estimate of drug-likeness (QED) is 0.314. The van der Waals surface area contributed by atoms with Crippen molar-refractivity contribution in [2.24, 2.45) is 0 Å². The maximum Gasteiger partial charge on any atom is 0.215 e. The minimum atomic E-state index is 0.291. The molecule has 0 atom stereocenters. The number of hydrogen-bond acceptors (Lipinski definition) is 5. The van der Waals surface area contributed by atoms with E-state index in [0.717, 1.165) is 24.1 Å². The van der Waals surface area contributed by atoms with E-state index in [4.69, 9.17) is 23.2 Å². The van der Waals surface area contributed by atoms with Gasteiger partial charge in [-0.25, -0.2) is 9.97 Å². The summed E-state index contributed by atoms with van der Waals surface area (Å²) in [4.78, 5) is 21.9. The molecule has 0 fully saturated rings. The van der Waals surface area contributed by atoms with E-state index in [2.05, 4.69) is 22.2 Å². The first-order valence-corrected chi connectivity index (χ1v) is 9.17. The Morgan fingerprint density at radius 1 is 1.33 bits per heavy atom. The van der Waals surface area contributed by atoms with Gasteiger partial charge in [-0.15, -0.1) is 0 Å². The van der Waals surface area contributed by atoms with Crippen molar-refractivity contribution >= 4 is 52.9 Å². The molecule has 1 heterocycles. The molecule has 128 valence electrons. The molecule has 0 aliphatic carbocycles. The third kappa shape index (κ3) is 4.75. The zero-order chi connectivity index (χ0) is 17.5. The SMILES string of the molecule is CCCSc1nc(Cl)c(NC)c(N(C=O)Cc2cccc(Cl)c2)n1. The normalized spacial score (nSPS) is 10.5. The van der Waals surface area contributed by atoms with Crippen molar-refractivity contribution in [3.63, 3.8) is 0 Å². The molecule has 8 heteroatoms. The lowest BCUT2D eigenvalue weighted by atomic mass is 10.2. The van der Waals surface area contributed by atoms with Gasteiger partial charge < -0.3 is 5.32 Å². The summed E-state index contributed by atoms with van der Waals surface area (Å²) in [6.07, 6.45) is 1.73. The highest BCUT2D eigenvalue weighted by atomic mass is 35.5. The molecule has 1 N–H and O–H groups in total. The van der Waals surface area contributed by atoms with Crippen LogP contribution in [-0.4, -0.2) is 29.2 Å². The molecular formula is C16H18Cl2N4OS. The molecule has 1 aromatic heterocycles. The molecule has 0 radical (unpaired) electrons. The van der Waals surface area contributed by atoms with Crippen molar-refractivity contribution in [2.75, 3.05) is 23.0 Å². The predicted molar refractivity (Wildman–Crippen MR) is 101 cm³/mol. The lowest BCUT2D eigenvalue weighted by Crippen LogP contribution is -2.23. The van der Waals surface area contributed by atoms with Gasteiger partial charge in [-0.1, -0.05) is 54.0 Å². The number of rotatable bonds is 8. The second-order valence-electron chi connectivity index (χ2n) is 4.96. The second kappa shape index (κ2) is 9.11. The van der Waals surface area contributed by atoms with Crippen LogP contribution in [0.25, 0.3) is 0 Å². The Hall–Kier alpha value is -1.50. The highest BCUT2D eigenvalue weighted by Gasteiger charge is 2.18. The Balaban J connectivity index is 2.37. The van der Waals surface area contributed by atoms with Crippen molar-refractivity contribution in [2.45, 2.75) is 25.0 Å². The summed E-state index contributed by atoms with van der Waals surface area (Å²) < 4.78 is 0. The number of nitrogens with zero attached hydrogens (tertiary/aromatic N) is 3.